The van der Waals surface area contributed by atoms with Gasteiger partial charge in [0.2, 0.25) is 5.91 Å². The van der Waals surface area contributed by atoms with Crippen LogP contribution in [-0.2, 0) is 11.2 Å². The number of H-pyrrole nitrogens is 1. The van der Waals surface area contributed by atoms with Crippen LogP contribution >= 0.6 is 0 Å². The lowest BCUT2D eigenvalue weighted by atomic mass is 10.2. The molecule has 102 valence electrons. The highest BCUT2D eigenvalue weighted by molar-refractivity contribution is 5.84. The molecule has 1 heterocycles. The zero-order chi connectivity index (χ0) is 14.0. The minimum atomic E-state index is 0.177. The summed E-state index contributed by atoms with van der Waals surface area (Å²) in [5.41, 5.74) is 2.07. The first-order valence-corrected chi connectivity index (χ1v) is 6.87. The summed E-state index contributed by atoms with van der Waals surface area (Å²) in [6, 6.07) is 10.6. The Morgan fingerprint density at radius 2 is 1.79 bits per heavy atom. The van der Waals surface area contributed by atoms with Gasteiger partial charge in [0.1, 0.15) is 0 Å². The van der Waals surface area contributed by atoms with E-state index >= 15 is 0 Å². The van der Waals surface area contributed by atoms with Crippen molar-refractivity contribution < 1.29 is 4.79 Å². The molecule has 0 spiro atoms. The van der Waals surface area contributed by atoms with Gasteiger partial charge in [0, 0.05) is 23.3 Å². The molecule has 1 N–H and O–H groups in total. The van der Waals surface area contributed by atoms with Gasteiger partial charge in [0.05, 0.1) is 6.42 Å². The number of nitrogens with zero attached hydrogens (tertiary/aromatic N) is 1. The highest BCUT2D eigenvalue weighted by Gasteiger charge is 2.20. The number of aromatic amines is 1. The van der Waals surface area contributed by atoms with E-state index in [-0.39, 0.29) is 18.0 Å². The third-order valence-corrected chi connectivity index (χ3v) is 3.33. The van der Waals surface area contributed by atoms with E-state index in [1.165, 1.54) is 0 Å². The molecule has 0 aliphatic heterocycles. The number of hydrogen-bond acceptors (Lipinski definition) is 1. The van der Waals surface area contributed by atoms with E-state index in [1.54, 1.807) is 0 Å². The first kappa shape index (κ1) is 13.7. The standard InChI is InChI=1S/C16H22N2O/c1-11(2)18(12(3)4)16(19)10-14-9-13-7-5-6-8-15(13)17-14/h5-9,11-12,17H,10H2,1-4H3. The average Bonchev–Trinajstić information content (AvgIpc) is 2.69. The molecular weight excluding hydrogens is 236 g/mol. The molecule has 2 rings (SSSR count). The molecule has 2 aromatic rings. The Morgan fingerprint density at radius 1 is 1.16 bits per heavy atom. The molecule has 0 fully saturated rings. The summed E-state index contributed by atoms with van der Waals surface area (Å²) in [7, 11) is 0. The summed E-state index contributed by atoms with van der Waals surface area (Å²) in [6.45, 7) is 8.23. The summed E-state index contributed by atoms with van der Waals surface area (Å²) in [4.78, 5) is 17.6. The Hall–Kier alpha value is -1.77. The first-order valence-electron chi connectivity index (χ1n) is 6.87. The fraction of sp³-hybridized carbons (Fsp3) is 0.438. The smallest absolute Gasteiger partial charge is 0.228 e. The van der Waals surface area contributed by atoms with Crippen molar-refractivity contribution in [1.29, 1.82) is 0 Å². The van der Waals surface area contributed by atoms with Gasteiger partial charge in [-0.25, -0.2) is 0 Å². The van der Waals surface area contributed by atoms with Crippen LogP contribution in [0.1, 0.15) is 33.4 Å². The summed E-state index contributed by atoms with van der Waals surface area (Å²) in [5, 5.41) is 1.16. The van der Waals surface area contributed by atoms with Crippen molar-refractivity contribution in [3.8, 4) is 0 Å². The topological polar surface area (TPSA) is 36.1 Å². The molecule has 1 aromatic carbocycles. The second kappa shape index (κ2) is 5.47. The van der Waals surface area contributed by atoms with Gasteiger partial charge in [-0.05, 0) is 45.2 Å². The Morgan fingerprint density at radius 3 is 2.37 bits per heavy atom. The predicted octanol–water partition coefficient (Wildman–Crippen LogP) is 3.36. The van der Waals surface area contributed by atoms with E-state index in [2.05, 4.69) is 44.8 Å². The van der Waals surface area contributed by atoms with Gasteiger partial charge < -0.3 is 9.88 Å². The zero-order valence-electron chi connectivity index (χ0n) is 12.1. The molecule has 3 nitrogen and oxygen atoms in total. The molecule has 0 bridgehead atoms. The molecule has 0 atom stereocenters. The Bertz CT molecular complexity index is 528. The highest BCUT2D eigenvalue weighted by Crippen LogP contribution is 2.16. The predicted molar refractivity (Wildman–Crippen MR) is 79.1 cm³/mol. The number of carbonyl (C=O) groups excluding carboxylic acids is 1. The van der Waals surface area contributed by atoms with Crippen LogP contribution in [0, 0.1) is 0 Å². The lowest BCUT2D eigenvalue weighted by Gasteiger charge is -2.30. The van der Waals surface area contributed by atoms with Gasteiger partial charge in [0.25, 0.3) is 0 Å². The number of fused-ring (bicyclic) bond motifs is 1. The van der Waals surface area contributed by atoms with E-state index in [9.17, 15) is 4.79 Å². The summed E-state index contributed by atoms with van der Waals surface area (Å²) < 4.78 is 0. The normalized spacial score (nSPS) is 11.5. The lowest BCUT2D eigenvalue weighted by Crippen LogP contribution is -2.42. The number of aromatic nitrogens is 1. The van der Waals surface area contributed by atoms with Crippen LogP contribution in [0.15, 0.2) is 30.3 Å². The molecule has 1 amide bonds. The number of benzene rings is 1. The third kappa shape index (κ3) is 2.98. The molecule has 0 unspecified atom stereocenters. The second-order valence-electron chi connectivity index (χ2n) is 5.55. The van der Waals surface area contributed by atoms with E-state index in [0.29, 0.717) is 6.42 Å². The van der Waals surface area contributed by atoms with Crippen molar-refractivity contribution in [2.45, 2.75) is 46.2 Å². The van der Waals surface area contributed by atoms with E-state index in [0.717, 1.165) is 16.6 Å². The lowest BCUT2D eigenvalue weighted by molar-refractivity contribution is -0.134. The maximum absolute atomic E-state index is 12.4. The highest BCUT2D eigenvalue weighted by atomic mass is 16.2. The Balaban J connectivity index is 2.17. The third-order valence-electron chi connectivity index (χ3n) is 3.33. The van der Waals surface area contributed by atoms with Crippen molar-refractivity contribution in [3.05, 3.63) is 36.0 Å². The van der Waals surface area contributed by atoms with Crippen LogP contribution in [-0.4, -0.2) is 27.9 Å². The second-order valence-corrected chi connectivity index (χ2v) is 5.55. The summed E-state index contributed by atoms with van der Waals surface area (Å²) in [6.07, 6.45) is 0.436. The molecule has 0 aliphatic carbocycles. The van der Waals surface area contributed by atoms with Gasteiger partial charge in [-0.15, -0.1) is 0 Å². The monoisotopic (exact) mass is 258 g/mol. The van der Waals surface area contributed by atoms with Gasteiger partial charge in [-0.3, -0.25) is 4.79 Å². The number of hydrogen-bond donors (Lipinski definition) is 1. The van der Waals surface area contributed by atoms with Gasteiger partial charge in [-0.2, -0.15) is 0 Å². The fourth-order valence-corrected chi connectivity index (χ4v) is 2.66. The minimum absolute atomic E-state index is 0.177. The maximum atomic E-state index is 12.4. The minimum Gasteiger partial charge on any atom is -0.358 e. The zero-order valence-corrected chi connectivity index (χ0v) is 12.1. The van der Waals surface area contributed by atoms with Crippen molar-refractivity contribution >= 4 is 16.8 Å². The SMILES string of the molecule is CC(C)N(C(=O)Cc1cc2ccccc2[nH]1)C(C)C. The molecule has 0 saturated heterocycles. The molecule has 19 heavy (non-hydrogen) atoms. The largest absolute Gasteiger partial charge is 0.358 e. The van der Waals surface area contributed by atoms with Crippen molar-refractivity contribution in [1.82, 2.24) is 9.88 Å². The number of rotatable bonds is 4. The Labute approximate surface area is 114 Å². The molecule has 0 saturated carbocycles. The van der Waals surface area contributed by atoms with Crippen molar-refractivity contribution in [2.75, 3.05) is 0 Å². The number of carbonyl (C=O) groups is 1. The van der Waals surface area contributed by atoms with Crippen LogP contribution in [0.4, 0.5) is 0 Å². The molecule has 0 aliphatic rings. The number of nitrogens with one attached hydrogen (secondary N) is 1. The van der Waals surface area contributed by atoms with Crippen molar-refractivity contribution in [2.24, 2.45) is 0 Å². The molecular formula is C16H22N2O. The van der Waals surface area contributed by atoms with Crippen LogP contribution in [0.2, 0.25) is 0 Å². The van der Waals surface area contributed by atoms with Gasteiger partial charge in [0.15, 0.2) is 0 Å². The first-order chi connectivity index (χ1) is 8.99. The summed E-state index contributed by atoms with van der Waals surface area (Å²) in [5.74, 6) is 0.177. The molecule has 0 radical (unpaired) electrons. The quantitative estimate of drug-likeness (QED) is 0.897. The van der Waals surface area contributed by atoms with Crippen LogP contribution in [0.5, 0.6) is 0 Å². The molecule has 3 heteroatoms. The Kier molecular flexibility index (Phi) is 3.93. The summed E-state index contributed by atoms with van der Waals surface area (Å²) >= 11 is 0. The molecule has 1 aromatic heterocycles. The van der Waals surface area contributed by atoms with Crippen LogP contribution < -0.4 is 0 Å². The van der Waals surface area contributed by atoms with E-state index in [1.807, 2.05) is 23.1 Å². The number of amides is 1. The van der Waals surface area contributed by atoms with E-state index in [4.69, 9.17) is 0 Å². The van der Waals surface area contributed by atoms with E-state index < -0.39 is 0 Å². The maximum Gasteiger partial charge on any atom is 0.228 e. The average molecular weight is 258 g/mol. The van der Waals surface area contributed by atoms with Crippen LogP contribution in [0.3, 0.4) is 0 Å². The van der Waals surface area contributed by atoms with Gasteiger partial charge in [-0.1, -0.05) is 18.2 Å². The van der Waals surface area contributed by atoms with Gasteiger partial charge >= 0.3 is 0 Å². The van der Waals surface area contributed by atoms with Crippen LogP contribution in [0.25, 0.3) is 10.9 Å². The van der Waals surface area contributed by atoms with Crippen molar-refractivity contribution in [3.63, 3.8) is 0 Å². The number of para-hydroxylation sites is 1. The fourth-order valence-electron chi connectivity index (χ4n) is 2.66.